The Kier molecular flexibility index (Phi) is 3.28. The number of hydrogen-bond donors (Lipinski definition) is 0. The van der Waals surface area contributed by atoms with Gasteiger partial charge in [0.05, 0.1) is 17.9 Å². The maximum absolute atomic E-state index is 12.5. The molecule has 2 aliphatic rings. The second-order valence-electron chi connectivity index (χ2n) is 6.84. The number of rotatable bonds is 1. The van der Waals surface area contributed by atoms with Crippen LogP contribution in [-0.4, -0.2) is 41.5 Å². The average molecular weight is 273 g/mol. The molecule has 1 aromatic rings. The van der Waals surface area contributed by atoms with Gasteiger partial charge in [0.15, 0.2) is 0 Å². The van der Waals surface area contributed by atoms with Crippen molar-refractivity contribution in [3.63, 3.8) is 0 Å². The highest BCUT2D eigenvalue weighted by Gasteiger charge is 2.38. The normalized spacial score (nSPS) is 24.1. The Balaban J connectivity index is 1.81. The quantitative estimate of drug-likeness (QED) is 0.787. The first-order valence-electron chi connectivity index (χ1n) is 7.49. The summed E-state index contributed by atoms with van der Waals surface area (Å²) in [5.41, 5.74) is 2.05. The standard InChI is InChI=1S/C16H23N3O/c1-16(2,3)14-7-6-12(11-17-14)19-10-9-18-8-4-5-13(18)15(19)20/h6-7,11,13H,4-5,8-10H2,1-3H3. The van der Waals surface area contributed by atoms with Crippen molar-refractivity contribution >= 4 is 11.6 Å². The van der Waals surface area contributed by atoms with Crippen LogP contribution in [0.2, 0.25) is 0 Å². The predicted molar refractivity (Wildman–Crippen MR) is 79.9 cm³/mol. The summed E-state index contributed by atoms with van der Waals surface area (Å²) in [6.07, 6.45) is 4.00. The van der Waals surface area contributed by atoms with E-state index in [-0.39, 0.29) is 17.4 Å². The van der Waals surface area contributed by atoms with E-state index in [0.29, 0.717) is 0 Å². The lowest BCUT2D eigenvalue weighted by Crippen LogP contribution is -2.54. The second kappa shape index (κ2) is 4.85. The number of carbonyl (C=O) groups is 1. The molecule has 2 fully saturated rings. The second-order valence-corrected chi connectivity index (χ2v) is 6.84. The van der Waals surface area contributed by atoms with Gasteiger partial charge in [0.2, 0.25) is 5.91 Å². The largest absolute Gasteiger partial charge is 0.308 e. The molecule has 3 heterocycles. The van der Waals surface area contributed by atoms with E-state index in [0.717, 1.165) is 43.9 Å². The van der Waals surface area contributed by atoms with Crippen LogP contribution in [0.15, 0.2) is 18.3 Å². The molecule has 0 radical (unpaired) electrons. The summed E-state index contributed by atoms with van der Waals surface area (Å²) in [6, 6.07) is 4.19. The Bertz CT molecular complexity index is 503. The Morgan fingerprint density at radius 1 is 1.20 bits per heavy atom. The predicted octanol–water partition coefficient (Wildman–Crippen LogP) is 2.19. The minimum absolute atomic E-state index is 0.0483. The fraction of sp³-hybridized carbons (Fsp3) is 0.625. The van der Waals surface area contributed by atoms with Gasteiger partial charge in [0.1, 0.15) is 0 Å². The average Bonchev–Trinajstić information content (AvgIpc) is 2.88. The van der Waals surface area contributed by atoms with Gasteiger partial charge in [-0.05, 0) is 31.5 Å². The smallest absolute Gasteiger partial charge is 0.244 e. The van der Waals surface area contributed by atoms with Crippen LogP contribution in [-0.2, 0) is 10.2 Å². The number of piperazine rings is 1. The van der Waals surface area contributed by atoms with Crippen molar-refractivity contribution in [1.82, 2.24) is 9.88 Å². The summed E-state index contributed by atoms with van der Waals surface area (Å²) < 4.78 is 0. The van der Waals surface area contributed by atoms with Gasteiger partial charge in [-0.3, -0.25) is 14.7 Å². The van der Waals surface area contributed by atoms with Crippen LogP contribution in [0.3, 0.4) is 0 Å². The highest BCUT2D eigenvalue weighted by atomic mass is 16.2. The molecule has 1 aromatic heterocycles. The molecule has 0 N–H and O–H groups in total. The van der Waals surface area contributed by atoms with Gasteiger partial charge in [-0.25, -0.2) is 0 Å². The fourth-order valence-electron chi connectivity index (χ4n) is 3.14. The van der Waals surface area contributed by atoms with Crippen LogP contribution in [0.4, 0.5) is 5.69 Å². The summed E-state index contributed by atoms with van der Waals surface area (Å²) in [5, 5.41) is 0. The zero-order valence-corrected chi connectivity index (χ0v) is 12.6. The van der Waals surface area contributed by atoms with Gasteiger partial charge in [0, 0.05) is 24.2 Å². The minimum atomic E-state index is 0.0483. The number of amides is 1. The lowest BCUT2D eigenvalue weighted by atomic mass is 9.92. The Morgan fingerprint density at radius 2 is 2.00 bits per heavy atom. The number of nitrogens with zero attached hydrogens (tertiary/aromatic N) is 3. The van der Waals surface area contributed by atoms with Gasteiger partial charge < -0.3 is 4.90 Å². The minimum Gasteiger partial charge on any atom is -0.308 e. The molecular weight excluding hydrogens is 250 g/mol. The SMILES string of the molecule is CC(C)(C)c1ccc(N2CCN3CCCC3C2=O)cn1. The van der Waals surface area contributed by atoms with Crippen molar-refractivity contribution in [2.75, 3.05) is 24.5 Å². The first-order chi connectivity index (χ1) is 9.47. The Morgan fingerprint density at radius 3 is 2.65 bits per heavy atom. The van der Waals surface area contributed by atoms with E-state index in [1.54, 1.807) is 0 Å². The topological polar surface area (TPSA) is 36.4 Å². The Labute approximate surface area is 120 Å². The molecule has 0 saturated carbocycles. The first-order valence-corrected chi connectivity index (χ1v) is 7.49. The van der Waals surface area contributed by atoms with E-state index < -0.39 is 0 Å². The molecule has 0 bridgehead atoms. The van der Waals surface area contributed by atoms with Crippen molar-refractivity contribution in [1.29, 1.82) is 0 Å². The van der Waals surface area contributed by atoms with E-state index in [9.17, 15) is 4.79 Å². The third-order valence-corrected chi connectivity index (χ3v) is 4.35. The number of pyridine rings is 1. The molecule has 20 heavy (non-hydrogen) atoms. The van der Waals surface area contributed by atoms with Crippen LogP contribution in [0.25, 0.3) is 0 Å². The number of anilines is 1. The zero-order chi connectivity index (χ0) is 14.3. The summed E-state index contributed by atoms with van der Waals surface area (Å²) >= 11 is 0. The molecule has 0 aliphatic carbocycles. The number of hydrogen-bond acceptors (Lipinski definition) is 3. The molecule has 4 nitrogen and oxygen atoms in total. The molecular formula is C16H23N3O. The fourth-order valence-corrected chi connectivity index (χ4v) is 3.14. The van der Waals surface area contributed by atoms with E-state index in [1.165, 1.54) is 0 Å². The maximum atomic E-state index is 12.5. The van der Waals surface area contributed by atoms with E-state index in [2.05, 4.69) is 30.7 Å². The third-order valence-electron chi connectivity index (χ3n) is 4.35. The van der Waals surface area contributed by atoms with Crippen LogP contribution < -0.4 is 4.90 Å². The Hall–Kier alpha value is -1.42. The van der Waals surface area contributed by atoms with Crippen LogP contribution in [0, 0.1) is 0 Å². The van der Waals surface area contributed by atoms with Crippen molar-refractivity contribution < 1.29 is 4.79 Å². The molecule has 1 unspecified atom stereocenters. The molecule has 0 aromatic carbocycles. The summed E-state index contributed by atoms with van der Waals surface area (Å²) in [7, 11) is 0. The van der Waals surface area contributed by atoms with Gasteiger partial charge in [0.25, 0.3) is 0 Å². The summed E-state index contributed by atoms with van der Waals surface area (Å²) in [6.45, 7) is 9.29. The van der Waals surface area contributed by atoms with E-state index in [4.69, 9.17) is 0 Å². The highest BCUT2D eigenvalue weighted by molar-refractivity contribution is 5.98. The molecule has 1 amide bonds. The third kappa shape index (κ3) is 2.33. The summed E-state index contributed by atoms with van der Waals surface area (Å²) in [5.74, 6) is 0.249. The molecule has 0 spiro atoms. The van der Waals surface area contributed by atoms with Gasteiger partial charge >= 0.3 is 0 Å². The molecule has 108 valence electrons. The van der Waals surface area contributed by atoms with Gasteiger partial charge in [-0.1, -0.05) is 20.8 Å². The van der Waals surface area contributed by atoms with Crippen LogP contribution >= 0.6 is 0 Å². The highest BCUT2D eigenvalue weighted by Crippen LogP contribution is 2.27. The maximum Gasteiger partial charge on any atom is 0.244 e. The van der Waals surface area contributed by atoms with Crippen molar-refractivity contribution in [2.45, 2.75) is 45.1 Å². The molecule has 4 heteroatoms. The van der Waals surface area contributed by atoms with Crippen molar-refractivity contribution in [3.05, 3.63) is 24.0 Å². The monoisotopic (exact) mass is 273 g/mol. The number of fused-ring (bicyclic) bond motifs is 1. The van der Waals surface area contributed by atoms with E-state index in [1.807, 2.05) is 23.2 Å². The summed E-state index contributed by atoms with van der Waals surface area (Å²) in [4.78, 5) is 21.3. The number of carbonyl (C=O) groups excluding carboxylic acids is 1. The lowest BCUT2D eigenvalue weighted by molar-refractivity contribution is -0.124. The molecule has 1 atom stereocenters. The van der Waals surface area contributed by atoms with Crippen LogP contribution in [0.1, 0.15) is 39.3 Å². The van der Waals surface area contributed by atoms with Crippen LogP contribution in [0.5, 0.6) is 0 Å². The zero-order valence-electron chi connectivity index (χ0n) is 12.6. The molecule has 2 saturated heterocycles. The van der Waals surface area contributed by atoms with Gasteiger partial charge in [-0.2, -0.15) is 0 Å². The van der Waals surface area contributed by atoms with Crippen molar-refractivity contribution in [2.24, 2.45) is 0 Å². The lowest BCUT2D eigenvalue weighted by Gasteiger charge is -2.36. The molecule has 2 aliphatic heterocycles. The molecule has 3 rings (SSSR count). The van der Waals surface area contributed by atoms with E-state index >= 15 is 0 Å². The first kappa shape index (κ1) is 13.6. The number of aromatic nitrogens is 1. The van der Waals surface area contributed by atoms with Gasteiger partial charge in [-0.15, -0.1) is 0 Å². The van der Waals surface area contributed by atoms with Crippen molar-refractivity contribution in [3.8, 4) is 0 Å².